The first-order valence-corrected chi connectivity index (χ1v) is 10.1. The molecule has 8 heteroatoms. The van der Waals surface area contributed by atoms with Gasteiger partial charge < -0.3 is 5.32 Å². The van der Waals surface area contributed by atoms with Crippen LogP contribution in [0.15, 0.2) is 30.7 Å². The highest BCUT2D eigenvalue weighted by Crippen LogP contribution is 2.30. The molecular formula is C20H26N8. The fourth-order valence-electron chi connectivity index (χ4n) is 4.51. The SMILES string of the molecule is Cn1ncc2c(NCC3NNC4CCCCCC43)nc(-c3ccncc3)nc21. The Labute approximate surface area is 164 Å². The quantitative estimate of drug-likeness (QED) is 0.641. The number of hydrogen-bond acceptors (Lipinski definition) is 7. The van der Waals surface area contributed by atoms with Gasteiger partial charge in [-0.2, -0.15) is 5.10 Å². The number of nitrogens with zero attached hydrogens (tertiary/aromatic N) is 5. The average Bonchev–Trinajstić information content (AvgIpc) is 3.21. The monoisotopic (exact) mass is 378 g/mol. The Bertz CT molecular complexity index is 953. The lowest BCUT2D eigenvalue weighted by atomic mass is 9.90. The lowest BCUT2D eigenvalue weighted by Crippen LogP contribution is -2.37. The Morgan fingerprint density at radius 3 is 2.86 bits per heavy atom. The largest absolute Gasteiger partial charge is 0.368 e. The van der Waals surface area contributed by atoms with Gasteiger partial charge in [0.25, 0.3) is 0 Å². The summed E-state index contributed by atoms with van der Waals surface area (Å²) >= 11 is 0. The topological polar surface area (TPSA) is 92.6 Å². The molecule has 3 unspecified atom stereocenters. The summed E-state index contributed by atoms with van der Waals surface area (Å²) in [5.41, 5.74) is 8.81. The normalized spacial score (nSPS) is 24.8. The predicted octanol–water partition coefficient (Wildman–Crippen LogP) is 2.26. The number of fused-ring (bicyclic) bond motifs is 2. The van der Waals surface area contributed by atoms with Crippen LogP contribution in [0.25, 0.3) is 22.4 Å². The summed E-state index contributed by atoms with van der Waals surface area (Å²) < 4.78 is 1.80. The van der Waals surface area contributed by atoms with Crippen molar-refractivity contribution in [2.24, 2.45) is 13.0 Å². The van der Waals surface area contributed by atoms with Gasteiger partial charge in [0.15, 0.2) is 11.5 Å². The van der Waals surface area contributed by atoms with Gasteiger partial charge in [-0.25, -0.2) is 9.97 Å². The van der Waals surface area contributed by atoms with E-state index in [1.165, 1.54) is 32.1 Å². The highest BCUT2D eigenvalue weighted by molar-refractivity contribution is 5.88. The molecule has 0 spiro atoms. The highest BCUT2D eigenvalue weighted by atomic mass is 15.4. The van der Waals surface area contributed by atoms with Gasteiger partial charge in [-0.3, -0.25) is 20.5 Å². The van der Waals surface area contributed by atoms with E-state index in [1.54, 1.807) is 17.1 Å². The van der Waals surface area contributed by atoms with E-state index in [0.717, 1.165) is 29.0 Å². The summed E-state index contributed by atoms with van der Waals surface area (Å²) in [6, 6.07) is 4.85. The molecule has 2 fully saturated rings. The van der Waals surface area contributed by atoms with Crippen LogP contribution in [-0.4, -0.2) is 43.4 Å². The molecule has 2 aliphatic rings. The molecule has 146 valence electrons. The van der Waals surface area contributed by atoms with Crippen molar-refractivity contribution < 1.29 is 0 Å². The number of rotatable bonds is 4. The van der Waals surface area contributed by atoms with Gasteiger partial charge in [0.1, 0.15) is 5.82 Å². The molecule has 0 amide bonds. The summed E-state index contributed by atoms with van der Waals surface area (Å²) in [6.45, 7) is 0.824. The van der Waals surface area contributed by atoms with Crippen molar-refractivity contribution in [3.05, 3.63) is 30.7 Å². The third-order valence-corrected chi connectivity index (χ3v) is 6.06. The minimum Gasteiger partial charge on any atom is -0.368 e. The Hall–Kier alpha value is -2.58. The smallest absolute Gasteiger partial charge is 0.164 e. The molecule has 3 aromatic rings. The average molecular weight is 378 g/mol. The first-order chi connectivity index (χ1) is 13.8. The highest BCUT2D eigenvalue weighted by Gasteiger charge is 2.36. The van der Waals surface area contributed by atoms with Crippen LogP contribution < -0.4 is 16.2 Å². The van der Waals surface area contributed by atoms with Crippen LogP contribution in [0.1, 0.15) is 32.1 Å². The molecule has 8 nitrogen and oxygen atoms in total. The second-order valence-corrected chi connectivity index (χ2v) is 7.82. The molecule has 1 saturated carbocycles. The lowest BCUT2D eigenvalue weighted by Gasteiger charge is -2.21. The standard InChI is InChI=1S/C20H26N8/c1-28-20-15(11-23-28)19(24-18(25-20)13-7-9-21-10-8-13)22-12-17-14-5-3-2-4-6-16(14)26-27-17/h7-11,14,16-17,26-27H,2-6,12H2,1H3,(H,22,24,25). The molecule has 3 atom stereocenters. The summed E-state index contributed by atoms with van der Waals surface area (Å²) in [5.74, 6) is 2.19. The summed E-state index contributed by atoms with van der Waals surface area (Å²) in [7, 11) is 1.91. The van der Waals surface area contributed by atoms with Crippen LogP contribution in [0.2, 0.25) is 0 Å². The van der Waals surface area contributed by atoms with E-state index in [4.69, 9.17) is 9.97 Å². The van der Waals surface area contributed by atoms with E-state index in [-0.39, 0.29) is 0 Å². The first-order valence-electron chi connectivity index (χ1n) is 10.1. The summed E-state index contributed by atoms with van der Waals surface area (Å²) in [4.78, 5) is 13.6. The van der Waals surface area contributed by atoms with Crippen LogP contribution in [0, 0.1) is 5.92 Å². The van der Waals surface area contributed by atoms with E-state index in [1.807, 2.05) is 25.4 Å². The molecule has 1 aliphatic carbocycles. The molecular weight excluding hydrogens is 352 g/mol. The summed E-state index contributed by atoms with van der Waals surface area (Å²) in [6.07, 6.45) is 11.9. The fraction of sp³-hybridized carbons (Fsp3) is 0.500. The van der Waals surface area contributed by atoms with Gasteiger partial charge >= 0.3 is 0 Å². The van der Waals surface area contributed by atoms with E-state index in [0.29, 0.717) is 23.8 Å². The van der Waals surface area contributed by atoms with Gasteiger partial charge in [-0.15, -0.1) is 0 Å². The van der Waals surface area contributed by atoms with Crippen molar-refractivity contribution in [1.82, 2.24) is 35.6 Å². The van der Waals surface area contributed by atoms with Gasteiger partial charge in [0, 0.05) is 43.6 Å². The minimum absolute atomic E-state index is 0.397. The third-order valence-electron chi connectivity index (χ3n) is 6.06. The number of hydrogen-bond donors (Lipinski definition) is 3. The van der Waals surface area contributed by atoms with E-state index < -0.39 is 0 Å². The van der Waals surface area contributed by atoms with Crippen molar-refractivity contribution in [3.63, 3.8) is 0 Å². The lowest BCUT2D eigenvalue weighted by molar-refractivity contribution is 0.395. The zero-order chi connectivity index (χ0) is 18.9. The van der Waals surface area contributed by atoms with Crippen LogP contribution in [0.3, 0.4) is 0 Å². The Balaban J connectivity index is 1.42. The van der Waals surface area contributed by atoms with Crippen LogP contribution in [0.4, 0.5) is 5.82 Å². The van der Waals surface area contributed by atoms with Crippen LogP contribution in [-0.2, 0) is 7.05 Å². The van der Waals surface area contributed by atoms with Crippen molar-refractivity contribution >= 4 is 16.9 Å². The number of anilines is 1. The maximum atomic E-state index is 4.82. The van der Waals surface area contributed by atoms with Crippen molar-refractivity contribution in [3.8, 4) is 11.4 Å². The molecule has 3 N–H and O–H groups in total. The number of nitrogens with one attached hydrogen (secondary N) is 3. The number of pyridine rings is 1. The number of hydrazine groups is 1. The van der Waals surface area contributed by atoms with Gasteiger partial charge in [-0.1, -0.05) is 19.3 Å². The Kier molecular flexibility index (Phi) is 4.66. The summed E-state index contributed by atoms with van der Waals surface area (Å²) in [5, 5.41) is 8.91. The molecule has 1 aliphatic heterocycles. The zero-order valence-electron chi connectivity index (χ0n) is 16.1. The maximum Gasteiger partial charge on any atom is 0.164 e. The predicted molar refractivity (Wildman–Crippen MR) is 108 cm³/mol. The van der Waals surface area contributed by atoms with Gasteiger partial charge in [0.2, 0.25) is 0 Å². The van der Waals surface area contributed by atoms with Crippen molar-refractivity contribution in [2.75, 3.05) is 11.9 Å². The first kappa shape index (κ1) is 17.5. The minimum atomic E-state index is 0.397. The molecule has 0 radical (unpaired) electrons. The van der Waals surface area contributed by atoms with Crippen LogP contribution in [0.5, 0.6) is 0 Å². The van der Waals surface area contributed by atoms with Crippen LogP contribution >= 0.6 is 0 Å². The second kappa shape index (κ2) is 7.44. The van der Waals surface area contributed by atoms with Gasteiger partial charge in [0.05, 0.1) is 11.6 Å². The maximum absolute atomic E-state index is 4.82. The molecule has 5 rings (SSSR count). The van der Waals surface area contributed by atoms with E-state index >= 15 is 0 Å². The zero-order valence-corrected chi connectivity index (χ0v) is 16.1. The fourth-order valence-corrected chi connectivity index (χ4v) is 4.51. The van der Waals surface area contributed by atoms with E-state index in [2.05, 4.69) is 26.3 Å². The molecule has 28 heavy (non-hydrogen) atoms. The van der Waals surface area contributed by atoms with Crippen molar-refractivity contribution in [2.45, 2.75) is 44.2 Å². The number of aryl methyl sites for hydroxylation is 1. The molecule has 1 saturated heterocycles. The van der Waals surface area contributed by atoms with E-state index in [9.17, 15) is 0 Å². The van der Waals surface area contributed by atoms with Crippen molar-refractivity contribution in [1.29, 1.82) is 0 Å². The molecule has 3 aromatic heterocycles. The van der Waals surface area contributed by atoms with Gasteiger partial charge in [-0.05, 0) is 30.9 Å². The Morgan fingerprint density at radius 1 is 1.11 bits per heavy atom. The molecule has 0 aromatic carbocycles. The molecule has 0 bridgehead atoms. The molecule has 4 heterocycles. The number of aromatic nitrogens is 5. The second-order valence-electron chi connectivity index (χ2n) is 7.82. The Morgan fingerprint density at radius 2 is 1.96 bits per heavy atom. The third kappa shape index (κ3) is 3.22.